The van der Waals surface area contributed by atoms with Gasteiger partial charge >= 0.3 is 0 Å². The summed E-state index contributed by atoms with van der Waals surface area (Å²) in [4.78, 5) is 27.2. The smallest absolute Gasteiger partial charge is 0.266 e. The second kappa shape index (κ2) is 8.87. The summed E-state index contributed by atoms with van der Waals surface area (Å²) in [5, 5.41) is 9.14. The highest BCUT2D eigenvalue weighted by atomic mass is 32.2. The number of nitrogens with one attached hydrogen (secondary N) is 1. The van der Waals surface area contributed by atoms with E-state index in [2.05, 4.69) is 13.8 Å². The minimum Gasteiger partial charge on any atom is -0.381 e. The number of piperidine rings is 2. The van der Waals surface area contributed by atoms with E-state index < -0.39 is 20.7 Å². The van der Waals surface area contributed by atoms with Crippen LogP contribution in [-0.2, 0) is 24.3 Å². The Morgan fingerprint density at radius 1 is 1.07 bits per heavy atom. The third-order valence-electron chi connectivity index (χ3n) is 6.63. The lowest BCUT2D eigenvalue weighted by Crippen LogP contribution is -2.60. The number of sulfonamides is 1. The molecular weight excluding hydrogens is 398 g/mol. The van der Waals surface area contributed by atoms with E-state index in [0.29, 0.717) is 24.7 Å². The average molecular weight is 432 g/mol. The molecule has 2 N–H and O–H groups in total. The Labute approximate surface area is 172 Å². The van der Waals surface area contributed by atoms with Crippen molar-refractivity contribution in [1.29, 1.82) is 0 Å². The monoisotopic (exact) mass is 431 g/mol. The largest absolute Gasteiger partial charge is 0.381 e. The molecule has 0 aromatic heterocycles. The van der Waals surface area contributed by atoms with Crippen LogP contribution in [-0.4, -0.2) is 78.8 Å². The molecule has 9 nitrogen and oxygen atoms in total. The molecule has 2 amide bonds. The number of hydroxylamine groups is 1. The zero-order valence-corrected chi connectivity index (χ0v) is 18.1. The van der Waals surface area contributed by atoms with Crippen LogP contribution in [0.4, 0.5) is 0 Å². The molecule has 166 valence electrons. The lowest BCUT2D eigenvalue weighted by atomic mass is 9.89. The topological polar surface area (TPSA) is 116 Å². The fourth-order valence-electron chi connectivity index (χ4n) is 5.10. The number of hydrogen-bond acceptors (Lipinski definition) is 6. The molecule has 2 atom stereocenters. The molecule has 0 bridgehead atoms. The summed E-state index contributed by atoms with van der Waals surface area (Å²) >= 11 is 0. The Kier molecular flexibility index (Phi) is 6.87. The minimum absolute atomic E-state index is 0.00411. The van der Waals surface area contributed by atoms with Gasteiger partial charge in [-0.1, -0.05) is 13.8 Å². The molecule has 29 heavy (non-hydrogen) atoms. The molecule has 3 fully saturated rings. The first kappa shape index (κ1) is 22.5. The highest BCUT2D eigenvalue weighted by molar-refractivity contribution is 7.91. The number of ether oxygens (including phenoxy) is 1. The van der Waals surface area contributed by atoms with Gasteiger partial charge in [-0.05, 0) is 31.1 Å². The predicted octanol–water partition coefficient (Wildman–Crippen LogP) is 0.587. The van der Waals surface area contributed by atoms with Crippen LogP contribution in [0, 0.1) is 17.8 Å². The van der Waals surface area contributed by atoms with Crippen LogP contribution >= 0.6 is 0 Å². The van der Waals surface area contributed by atoms with Crippen molar-refractivity contribution in [2.24, 2.45) is 17.8 Å². The first-order chi connectivity index (χ1) is 13.7. The first-order valence-corrected chi connectivity index (χ1v) is 12.0. The Bertz CT molecular complexity index is 703. The van der Waals surface area contributed by atoms with Crippen molar-refractivity contribution in [3.63, 3.8) is 0 Å². The van der Waals surface area contributed by atoms with Crippen LogP contribution in [0.1, 0.15) is 46.0 Å². The fourth-order valence-corrected chi connectivity index (χ4v) is 7.24. The molecule has 10 heteroatoms. The Morgan fingerprint density at radius 3 is 2.14 bits per heavy atom. The van der Waals surface area contributed by atoms with Crippen molar-refractivity contribution in [2.45, 2.75) is 50.7 Å². The third kappa shape index (κ3) is 4.30. The van der Waals surface area contributed by atoms with Gasteiger partial charge < -0.3 is 9.64 Å². The molecule has 0 unspecified atom stereocenters. The lowest BCUT2D eigenvalue weighted by Gasteiger charge is -2.42. The summed E-state index contributed by atoms with van der Waals surface area (Å²) in [6.07, 6.45) is 2.03. The molecule has 0 aliphatic carbocycles. The third-order valence-corrected chi connectivity index (χ3v) is 9.26. The highest BCUT2D eigenvalue weighted by Crippen LogP contribution is 2.35. The highest BCUT2D eigenvalue weighted by Gasteiger charge is 2.54. The van der Waals surface area contributed by atoms with Gasteiger partial charge in [0.25, 0.3) is 5.91 Å². The molecule has 3 heterocycles. The predicted molar refractivity (Wildman–Crippen MR) is 105 cm³/mol. The van der Waals surface area contributed by atoms with Crippen molar-refractivity contribution in [1.82, 2.24) is 14.7 Å². The molecular formula is C19H33N3O6S. The number of hydrogen-bond donors (Lipinski definition) is 2. The lowest BCUT2D eigenvalue weighted by molar-refractivity contribution is -0.139. The summed E-state index contributed by atoms with van der Waals surface area (Å²) in [5.41, 5.74) is 1.54. The molecule has 0 aromatic rings. The van der Waals surface area contributed by atoms with Crippen molar-refractivity contribution in [3.8, 4) is 0 Å². The van der Waals surface area contributed by atoms with Crippen molar-refractivity contribution >= 4 is 21.8 Å². The number of carbonyl (C=O) groups is 2. The standard InChI is InChI=1S/C19H33N3O6S/c1-14-11-15(2)13-21(12-14)17(23)16-3-7-22(8-4-16)29(26,27)19(18(24)20-25)5-9-28-10-6-19/h14-16,25H,3-13H2,1-2H3,(H,20,24)/t14-,15-/m1/s1. The van der Waals surface area contributed by atoms with Crippen LogP contribution in [0.5, 0.6) is 0 Å². The normalized spacial score (nSPS) is 29.4. The summed E-state index contributed by atoms with van der Waals surface area (Å²) in [6.45, 7) is 6.55. The van der Waals surface area contributed by atoms with Gasteiger partial charge in [0.1, 0.15) is 0 Å². The molecule has 3 saturated heterocycles. The van der Waals surface area contributed by atoms with E-state index in [0.717, 1.165) is 19.5 Å². The van der Waals surface area contributed by atoms with Gasteiger partial charge in [0.2, 0.25) is 15.9 Å². The van der Waals surface area contributed by atoms with Crippen molar-refractivity contribution < 1.29 is 28.0 Å². The maximum atomic E-state index is 13.3. The SMILES string of the molecule is C[C@@H]1C[C@@H](C)CN(C(=O)C2CCN(S(=O)(=O)C3(C(=O)NO)CCOCC3)CC2)C1. The van der Waals surface area contributed by atoms with E-state index >= 15 is 0 Å². The van der Waals surface area contributed by atoms with Gasteiger partial charge in [-0.15, -0.1) is 0 Å². The van der Waals surface area contributed by atoms with Crippen molar-refractivity contribution in [3.05, 3.63) is 0 Å². The minimum atomic E-state index is -3.99. The number of rotatable bonds is 4. The van der Waals surface area contributed by atoms with E-state index in [-0.39, 0.29) is 51.0 Å². The fraction of sp³-hybridized carbons (Fsp3) is 0.895. The quantitative estimate of drug-likeness (QED) is 0.497. The maximum Gasteiger partial charge on any atom is 0.266 e. The van der Waals surface area contributed by atoms with Crippen LogP contribution in [0.3, 0.4) is 0 Å². The number of likely N-dealkylation sites (tertiary alicyclic amines) is 1. The molecule has 3 aliphatic rings. The number of amides is 2. The van der Waals surface area contributed by atoms with Gasteiger partial charge in [0, 0.05) is 58.2 Å². The van der Waals surface area contributed by atoms with Gasteiger partial charge in [0.15, 0.2) is 4.75 Å². The van der Waals surface area contributed by atoms with Gasteiger partial charge in [0.05, 0.1) is 0 Å². The molecule has 0 radical (unpaired) electrons. The second-order valence-corrected chi connectivity index (χ2v) is 11.2. The molecule has 0 aromatic carbocycles. The second-order valence-electron chi connectivity index (χ2n) is 8.92. The van der Waals surface area contributed by atoms with Crippen LogP contribution in [0.25, 0.3) is 0 Å². The van der Waals surface area contributed by atoms with Gasteiger partial charge in [-0.3, -0.25) is 14.8 Å². The van der Waals surface area contributed by atoms with Crippen LogP contribution in [0.15, 0.2) is 0 Å². The van der Waals surface area contributed by atoms with Crippen LogP contribution < -0.4 is 5.48 Å². The summed E-state index contributed by atoms with van der Waals surface area (Å²) < 4.78 is 31.5. The molecule has 3 aliphatic heterocycles. The molecule has 3 rings (SSSR count). The Hall–Kier alpha value is -1.23. The number of carbonyl (C=O) groups excluding carboxylic acids is 2. The first-order valence-electron chi connectivity index (χ1n) is 10.5. The van der Waals surface area contributed by atoms with Crippen molar-refractivity contribution in [2.75, 3.05) is 39.4 Å². The molecule has 0 saturated carbocycles. The summed E-state index contributed by atoms with van der Waals surface area (Å²) in [6, 6.07) is 0. The van der Waals surface area contributed by atoms with E-state index in [4.69, 9.17) is 9.94 Å². The zero-order chi connectivity index (χ0) is 21.2. The molecule has 0 spiro atoms. The summed E-state index contributed by atoms with van der Waals surface area (Å²) in [7, 11) is -3.99. The van der Waals surface area contributed by atoms with Gasteiger partial charge in [-0.2, -0.15) is 0 Å². The number of nitrogens with zero attached hydrogens (tertiary/aromatic N) is 2. The van der Waals surface area contributed by atoms with Crippen LogP contribution in [0.2, 0.25) is 0 Å². The Balaban J connectivity index is 1.67. The Morgan fingerprint density at radius 2 is 1.62 bits per heavy atom. The van der Waals surface area contributed by atoms with Gasteiger partial charge in [-0.25, -0.2) is 18.2 Å². The van der Waals surface area contributed by atoms with E-state index in [1.165, 1.54) is 9.79 Å². The zero-order valence-electron chi connectivity index (χ0n) is 17.3. The van der Waals surface area contributed by atoms with E-state index in [9.17, 15) is 18.0 Å². The summed E-state index contributed by atoms with van der Waals surface area (Å²) in [5.74, 6) is -0.0112. The average Bonchev–Trinajstić information content (AvgIpc) is 2.72. The van der Waals surface area contributed by atoms with E-state index in [1.54, 1.807) is 0 Å². The maximum absolute atomic E-state index is 13.3. The van der Waals surface area contributed by atoms with E-state index in [1.807, 2.05) is 4.90 Å².